The topological polar surface area (TPSA) is 38.0 Å². The van der Waals surface area contributed by atoms with Gasteiger partial charge in [-0.15, -0.1) is 0 Å². The molecule has 0 aromatic heterocycles. The van der Waals surface area contributed by atoms with Crippen LogP contribution in [0.25, 0.3) is 0 Å². The van der Waals surface area contributed by atoms with E-state index in [1.54, 1.807) is 0 Å². The van der Waals surface area contributed by atoms with Crippen molar-refractivity contribution in [3.05, 3.63) is 0 Å². The molecule has 15 heavy (non-hydrogen) atoms. The van der Waals surface area contributed by atoms with Gasteiger partial charge in [0.1, 0.15) is 0 Å². The van der Waals surface area contributed by atoms with Crippen LogP contribution in [0.1, 0.15) is 19.3 Å². The van der Waals surface area contributed by atoms with E-state index in [1.165, 1.54) is 0 Å². The molecule has 3 N–H and O–H groups in total. The van der Waals surface area contributed by atoms with E-state index in [9.17, 15) is 17.6 Å². The van der Waals surface area contributed by atoms with Crippen LogP contribution >= 0.6 is 0 Å². The van der Waals surface area contributed by atoms with Crippen LogP contribution < -0.4 is 11.1 Å². The Bertz CT molecular complexity index is 199. The highest BCUT2D eigenvalue weighted by Gasteiger charge is 2.40. The van der Waals surface area contributed by atoms with Gasteiger partial charge in [0.2, 0.25) is 0 Å². The smallest absolute Gasteiger partial charge is 0.319 e. The predicted molar refractivity (Wildman–Crippen MR) is 49.1 cm³/mol. The minimum absolute atomic E-state index is 0.132. The molecule has 1 rings (SSSR count). The molecule has 0 aromatic carbocycles. The van der Waals surface area contributed by atoms with Gasteiger partial charge in [0.05, 0.1) is 6.54 Å². The molecule has 2 nitrogen and oxygen atoms in total. The normalized spacial score (nSPS) is 27.6. The first kappa shape index (κ1) is 12.7. The van der Waals surface area contributed by atoms with Gasteiger partial charge in [-0.1, -0.05) is 0 Å². The maximum absolute atomic E-state index is 12.5. The standard InChI is InChI=1S/C9H16F4N2/c10-8(11)9(12,13)5-15-4-6-1-2-7(14)3-6/h6-8,15H,1-5,14H2. The van der Waals surface area contributed by atoms with Crippen LogP contribution in [0, 0.1) is 5.92 Å². The lowest BCUT2D eigenvalue weighted by Crippen LogP contribution is -2.40. The van der Waals surface area contributed by atoms with Crippen molar-refractivity contribution in [1.29, 1.82) is 0 Å². The average Bonchev–Trinajstić information content (AvgIpc) is 2.51. The molecule has 1 aliphatic rings. The van der Waals surface area contributed by atoms with Crippen LogP contribution in [0.3, 0.4) is 0 Å². The van der Waals surface area contributed by atoms with Crippen LogP contribution in [0.4, 0.5) is 17.6 Å². The highest BCUT2D eigenvalue weighted by atomic mass is 19.3. The third-order valence-electron chi connectivity index (χ3n) is 2.69. The van der Waals surface area contributed by atoms with Gasteiger partial charge in [-0.2, -0.15) is 8.78 Å². The SMILES string of the molecule is NC1CCC(CNCC(F)(F)C(F)F)C1. The van der Waals surface area contributed by atoms with Gasteiger partial charge in [-0.25, -0.2) is 8.78 Å². The maximum Gasteiger partial charge on any atom is 0.319 e. The van der Waals surface area contributed by atoms with E-state index >= 15 is 0 Å². The first-order chi connectivity index (χ1) is 6.92. The molecule has 1 fully saturated rings. The number of alkyl halides is 4. The Balaban J connectivity index is 2.16. The molecule has 0 saturated heterocycles. The van der Waals surface area contributed by atoms with E-state index in [4.69, 9.17) is 5.73 Å². The Hall–Kier alpha value is -0.360. The Morgan fingerprint density at radius 3 is 2.47 bits per heavy atom. The van der Waals surface area contributed by atoms with Crippen molar-refractivity contribution in [2.24, 2.45) is 11.7 Å². The fourth-order valence-corrected chi connectivity index (χ4v) is 1.82. The Morgan fingerprint density at radius 1 is 1.33 bits per heavy atom. The molecule has 0 radical (unpaired) electrons. The summed E-state index contributed by atoms with van der Waals surface area (Å²) in [7, 11) is 0. The van der Waals surface area contributed by atoms with Crippen molar-refractivity contribution in [2.45, 2.75) is 37.7 Å². The summed E-state index contributed by atoms with van der Waals surface area (Å²) < 4.78 is 48.5. The highest BCUT2D eigenvalue weighted by molar-refractivity contribution is 4.80. The zero-order valence-corrected chi connectivity index (χ0v) is 8.36. The summed E-state index contributed by atoms with van der Waals surface area (Å²) in [5.41, 5.74) is 5.63. The third kappa shape index (κ3) is 3.95. The molecular weight excluding hydrogens is 212 g/mol. The monoisotopic (exact) mass is 228 g/mol. The Labute approximate surface area is 86.2 Å². The molecule has 6 heteroatoms. The summed E-state index contributed by atoms with van der Waals surface area (Å²) in [6, 6.07) is 0.132. The predicted octanol–water partition coefficient (Wildman–Crippen LogP) is 1.60. The van der Waals surface area contributed by atoms with E-state index in [-0.39, 0.29) is 12.0 Å². The summed E-state index contributed by atoms with van der Waals surface area (Å²) in [5.74, 6) is -3.69. The summed E-state index contributed by atoms with van der Waals surface area (Å²) in [4.78, 5) is 0. The zero-order chi connectivity index (χ0) is 11.5. The molecule has 0 aromatic rings. The quantitative estimate of drug-likeness (QED) is 0.701. The molecule has 1 saturated carbocycles. The molecule has 0 amide bonds. The van der Waals surface area contributed by atoms with Crippen molar-refractivity contribution in [3.8, 4) is 0 Å². The lowest BCUT2D eigenvalue weighted by molar-refractivity contribution is -0.125. The summed E-state index contributed by atoms with van der Waals surface area (Å²) in [5, 5.41) is 2.38. The lowest BCUT2D eigenvalue weighted by Gasteiger charge is -2.17. The number of nitrogens with one attached hydrogen (secondary N) is 1. The molecule has 0 bridgehead atoms. The number of hydrogen-bond acceptors (Lipinski definition) is 2. The number of rotatable bonds is 5. The van der Waals surface area contributed by atoms with Crippen LogP contribution in [0.5, 0.6) is 0 Å². The summed E-state index contributed by atoms with van der Waals surface area (Å²) >= 11 is 0. The fourth-order valence-electron chi connectivity index (χ4n) is 1.82. The van der Waals surface area contributed by atoms with Gasteiger partial charge in [0.25, 0.3) is 0 Å². The van der Waals surface area contributed by atoms with E-state index in [1.807, 2.05) is 0 Å². The lowest BCUT2D eigenvalue weighted by atomic mass is 10.1. The second kappa shape index (κ2) is 5.12. The van der Waals surface area contributed by atoms with Gasteiger partial charge in [-0.05, 0) is 31.7 Å². The first-order valence-corrected chi connectivity index (χ1v) is 5.04. The molecular formula is C9H16F4N2. The molecule has 2 unspecified atom stereocenters. The van der Waals surface area contributed by atoms with Crippen molar-refractivity contribution in [1.82, 2.24) is 5.32 Å². The second-order valence-corrected chi connectivity index (χ2v) is 4.13. The Morgan fingerprint density at radius 2 is 2.00 bits per heavy atom. The van der Waals surface area contributed by atoms with Gasteiger partial charge < -0.3 is 11.1 Å². The number of halogens is 4. The molecule has 2 atom stereocenters. The Kier molecular flexibility index (Phi) is 4.33. The van der Waals surface area contributed by atoms with Crippen molar-refractivity contribution in [2.75, 3.05) is 13.1 Å². The highest BCUT2D eigenvalue weighted by Crippen LogP contribution is 2.24. The number of hydrogen-bond donors (Lipinski definition) is 2. The van der Waals surface area contributed by atoms with E-state index in [0.29, 0.717) is 6.54 Å². The molecule has 0 aliphatic heterocycles. The average molecular weight is 228 g/mol. The van der Waals surface area contributed by atoms with Gasteiger partial charge >= 0.3 is 12.3 Å². The van der Waals surface area contributed by atoms with Crippen molar-refractivity contribution in [3.63, 3.8) is 0 Å². The van der Waals surface area contributed by atoms with Crippen LogP contribution in [-0.4, -0.2) is 31.5 Å². The van der Waals surface area contributed by atoms with E-state index in [0.717, 1.165) is 19.3 Å². The second-order valence-electron chi connectivity index (χ2n) is 4.13. The van der Waals surface area contributed by atoms with Crippen LogP contribution in [-0.2, 0) is 0 Å². The maximum atomic E-state index is 12.5. The summed E-state index contributed by atoms with van der Waals surface area (Å²) in [6.07, 6.45) is -1.05. The molecule has 1 aliphatic carbocycles. The molecule has 90 valence electrons. The van der Waals surface area contributed by atoms with Gasteiger partial charge in [-0.3, -0.25) is 0 Å². The van der Waals surface area contributed by atoms with Crippen molar-refractivity contribution >= 4 is 0 Å². The zero-order valence-electron chi connectivity index (χ0n) is 8.36. The van der Waals surface area contributed by atoms with E-state index < -0.39 is 18.9 Å². The van der Waals surface area contributed by atoms with Crippen molar-refractivity contribution < 1.29 is 17.6 Å². The summed E-state index contributed by atoms with van der Waals surface area (Å²) in [6.45, 7) is -0.619. The minimum Gasteiger partial charge on any atom is -0.328 e. The fraction of sp³-hybridized carbons (Fsp3) is 1.00. The van der Waals surface area contributed by atoms with Crippen LogP contribution in [0.2, 0.25) is 0 Å². The van der Waals surface area contributed by atoms with Gasteiger partial charge in [0.15, 0.2) is 0 Å². The number of nitrogens with two attached hydrogens (primary N) is 1. The first-order valence-electron chi connectivity index (χ1n) is 5.04. The third-order valence-corrected chi connectivity index (χ3v) is 2.69. The van der Waals surface area contributed by atoms with Crippen LogP contribution in [0.15, 0.2) is 0 Å². The largest absolute Gasteiger partial charge is 0.328 e. The van der Waals surface area contributed by atoms with Gasteiger partial charge in [0, 0.05) is 6.04 Å². The van der Waals surface area contributed by atoms with E-state index in [2.05, 4.69) is 5.32 Å². The minimum atomic E-state index is -3.93. The molecule has 0 spiro atoms. The molecule has 0 heterocycles.